The number of para-hydroxylation sites is 1. The third-order valence-electron chi connectivity index (χ3n) is 6.49. The number of amides is 1. The molecule has 2 heterocycles. The van der Waals surface area contributed by atoms with Gasteiger partial charge in [0.2, 0.25) is 5.91 Å². The van der Waals surface area contributed by atoms with E-state index in [-0.39, 0.29) is 17.2 Å². The van der Waals surface area contributed by atoms with Gasteiger partial charge >= 0.3 is 0 Å². The minimum Gasteiger partial charge on any atom is -0.457 e. The van der Waals surface area contributed by atoms with Crippen LogP contribution in [0, 0.1) is 0 Å². The number of carbonyl (C=O) groups excluding carboxylic acids is 2. The van der Waals surface area contributed by atoms with Gasteiger partial charge in [-0.2, -0.15) is 0 Å². The average molecular weight is 427 g/mol. The molecule has 162 valence electrons. The summed E-state index contributed by atoms with van der Waals surface area (Å²) in [4.78, 5) is 27.3. The Morgan fingerprint density at radius 2 is 1.53 bits per heavy atom. The summed E-state index contributed by atoms with van der Waals surface area (Å²) < 4.78 is 5.81. The molecule has 3 aromatic rings. The first-order chi connectivity index (χ1) is 15.6. The second kappa shape index (κ2) is 8.60. The summed E-state index contributed by atoms with van der Waals surface area (Å²) >= 11 is 0. The Kier molecular flexibility index (Phi) is 5.50. The molecule has 1 amide bonds. The molecule has 0 radical (unpaired) electrons. The summed E-state index contributed by atoms with van der Waals surface area (Å²) in [5, 5.41) is 3.26. The number of fused-ring (bicyclic) bond motifs is 2. The fourth-order valence-electron chi connectivity index (χ4n) is 4.81. The van der Waals surface area contributed by atoms with Crippen LogP contribution < -0.4 is 10.1 Å². The first kappa shape index (κ1) is 20.5. The van der Waals surface area contributed by atoms with Crippen molar-refractivity contribution in [2.24, 2.45) is 0 Å². The number of carbonyl (C=O) groups is 2. The van der Waals surface area contributed by atoms with E-state index in [1.165, 1.54) is 5.56 Å². The number of likely N-dealkylation sites (tertiary alicyclic amines) is 1. The largest absolute Gasteiger partial charge is 0.457 e. The van der Waals surface area contributed by atoms with Gasteiger partial charge in [0, 0.05) is 18.7 Å². The van der Waals surface area contributed by atoms with Crippen molar-refractivity contribution in [3.05, 3.63) is 95.6 Å². The van der Waals surface area contributed by atoms with Crippen LogP contribution in [-0.4, -0.2) is 36.2 Å². The molecule has 0 unspecified atom stereocenters. The number of hydrogen-bond acceptors (Lipinski definition) is 4. The summed E-state index contributed by atoms with van der Waals surface area (Å²) in [6, 6.07) is 25.1. The van der Waals surface area contributed by atoms with Gasteiger partial charge in [-0.05, 0) is 60.4 Å². The van der Waals surface area contributed by atoms with E-state index in [4.69, 9.17) is 4.74 Å². The maximum atomic E-state index is 12.8. The molecule has 5 heteroatoms. The monoisotopic (exact) mass is 426 g/mol. The van der Waals surface area contributed by atoms with Gasteiger partial charge in [0.15, 0.2) is 5.78 Å². The quantitative estimate of drug-likeness (QED) is 0.617. The van der Waals surface area contributed by atoms with Crippen LogP contribution in [0.5, 0.6) is 11.5 Å². The van der Waals surface area contributed by atoms with Crippen LogP contribution in [0.25, 0.3) is 0 Å². The molecule has 1 spiro atoms. The highest BCUT2D eigenvalue weighted by Crippen LogP contribution is 2.37. The first-order valence-corrected chi connectivity index (χ1v) is 11.1. The van der Waals surface area contributed by atoms with E-state index >= 15 is 0 Å². The smallest absolute Gasteiger partial charge is 0.225 e. The second-order valence-electron chi connectivity index (χ2n) is 8.60. The number of Topliss-reactive ketones (excluding diaryl/α,β-unsaturated/α-hetero) is 1. The number of benzene rings is 3. The lowest BCUT2D eigenvalue weighted by molar-refractivity contribution is -0.124. The predicted octanol–water partition coefficient (Wildman–Crippen LogP) is 4.33. The maximum Gasteiger partial charge on any atom is 0.225 e. The van der Waals surface area contributed by atoms with E-state index < -0.39 is 0 Å². The molecule has 5 nitrogen and oxygen atoms in total. The lowest BCUT2D eigenvalue weighted by Gasteiger charge is -2.45. The summed E-state index contributed by atoms with van der Waals surface area (Å²) in [5.74, 6) is 1.66. The van der Waals surface area contributed by atoms with Crippen molar-refractivity contribution >= 4 is 11.7 Å². The Bertz CT molecular complexity index is 1120. The normalized spacial score (nSPS) is 17.4. The van der Waals surface area contributed by atoms with Crippen molar-refractivity contribution in [1.29, 1.82) is 0 Å². The molecule has 0 bridgehead atoms. The lowest BCUT2D eigenvalue weighted by Crippen LogP contribution is -2.56. The molecule has 3 aromatic carbocycles. The van der Waals surface area contributed by atoms with Crippen LogP contribution in [0.15, 0.2) is 78.9 Å². The molecule has 32 heavy (non-hydrogen) atoms. The van der Waals surface area contributed by atoms with Crippen LogP contribution in [0.2, 0.25) is 0 Å². The van der Waals surface area contributed by atoms with Gasteiger partial charge in [-0.15, -0.1) is 0 Å². The number of piperidine rings is 1. The molecule has 5 rings (SSSR count). The highest BCUT2D eigenvalue weighted by atomic mass is 16.5. The Labute approximate surface area is 188 Å². The van der Waals surface area contributed by atoms with Crippen molar-refractivity contribution in [3.8, 4) is 11.5 Å². The van der Waals surface area contributed by atoms with Gasteiger partial charge in [0.1, 0.15) is 11.5 Å². The average Bonchev–Trinajstić information content (AvgIpc) is 2.82. The molecule has 1 fully saturated rings. The van der Waals surface area contributed by atoms with Gasteiger partial charge in [0.05, 0.1) is 18.5 Å². The molecule has 1 N–H and O–H groups in total. The van der Waals surface area contributed by atoms with E-state index in [1.807, 2.05) is 66.7 Å². The van der Waals surface area contributed by atoms with Crippen molar-refractivity contribution in [2.75, 3.05) is 19.6 Å². The van der Waals surface area contributed by atoms with Crippen LogP contribution in [0.3, 0.4) is 0 Å². The molecular weight excluding hydrogens is 400 g/mol. The van der Waals surface area contributed by atoms with E-state index in [9.17, 15) is 9.59 Å². The minimum absolute atomic E-state index is 0.0889. The summed E-state index contributed by atoms with van der Waals surface area (Å²) in [5.41, 5.74) is 2.74. The third kappa shape index (κ3) is 4.16. The summed E-state index contributed by atoms with van der Waals surface area (Å²) in [6.07, 6.45) is 2.07. The zero-order valence-corrected chi connectivity index (χ0v) is 17.9. The van der Waals surface area contributed by atoms with Crippen molar-refractivity contribution < 1.29 is 14.3 Å². The number of rotatable bonds is 5. The number of nitrogens with one attached hydrogen (secondary N) is 1. The van der Waals surface area contributed by atoms with Gasteiger partial charge in [-0.3, -0.25) is 14.5 Å². The maximum absolute atomic E-state index is 12.8. The lowest BCUT2D eigenvalue weighted by atomic mass is 9.75. The number of ether oxygens (including phenoxy) is 1. The Hall–Kier alpha value is -3.44. The van der Waals surface area contributed by atoms with E-state index in [2.05, 4.69) is 22.3 Å². The van der Waals surface area contributed by atoms with Crippen molar-refractivity contribution in [3.63, 3.8) is 0 Å². The zero-order chi connectivity index (χ0) is 22.0. The molecule has 0 atom stereocenters. The molecular formula is C27H26N2O3. The highest BCUT2D eigenvalue weighted by Gasteiger charge is 2.41. The standard InChI is InChI=1S/C27H26N2O3/c30-25(20-10-12-23(13-11-20)32-22-7-2-1-3-8-22)19-29-16-14-27(15-17-29)24-9-5-4-6-21(24)18-26(31)28-27/h1-13H,14-19H2,(H,28,31). The van der Waals surface area contributed by atoms with E-state index in [0.717, 1.165) is 37.2 Å². The summed E-state index contributed by atoms with van der Waals surface area (Å²) in [7, 11) is 0. The minimum atomic E-state index is -0.304. The molecule has 2 aliphatic rings. The van der Waals surface area contributed by atoms with Gasteiger partial charge in [-0.25, -0.2) is 0 Å². The van der Waals surface area contributed by atoms with Crippen LogP contribution >= 0.6 is 0 Å². The molecule has 1 saturated heterocycles. The highest BCUT2D eigenvalue weighted by molar-refractivity contribution is 5.97. The number of nitrogens with zero attached hydrogens (tertiary/aromatic N) is 1. The van der Waals surface area contributed by atoms with Crippen LogP contribution in [0.4, 0.5) is 0 Å². The zero-order valence-electron chi connectivity index (χ0n) is 17.9. The van der Waals surface area contributed by atoms with Crippen molar-refractivity contribution in [1.82, 2.24) is 10.2 Å². The Balaban J connectivity index is 1.20. The fraction of sp³-hybridized carbons (Fsp3) is 0.259. The first-order valence-electron chi connectivity index (χ1n) is 11.1. The van der Waals surface area contributed by atoms with E-state index in [0.29, 0.717) is 24.3 Å². The predicted molar refractivity (Wildman–Crippen MR) is 123 cm³/mol. The molecule has 0 aliphatic carbocycles. The van der Waals surface area contributed by atoms with Gasteiger partial charge in [0.25, 0.3) is 0 Å². The number of ketones is 1. The Morgan fingerprint density at radius 3 is 2.28 bits per heavy atom. The topological polar surface area (TPSA) is 58.6 Å². The van der Waals surface area contributed by atoms with Gasteiger partial charge < -0.3 is 10.1 Å². The Morgan fingerprint density at radius 1 is 0.875 bits per heavy atom. The second-order valence-corrected chi connectivity index (χ2v) is 8.60. The van der Waals surface area contributed by atoms with Crippen molar-refractivity contribution in [2.45, 2.75) is 24.8 Å². The van der Waals surface area contributed by atoms with Crippen LogP contribution in [-0.2, 0) is 16.8 Å². The molecule has 2 aliphatic heterocycles. The fourth-order valence-corrected chi connectivity index (χ4v) is 4.81. The van der Waals surface area contributed by atoms with E-state index in [1.54, 1.807) is 0 Å². The number of hydrogen-bond donors (Lipinski definition) is 1. The SMILES string of the molecule is O=C1Cc2ccccc2C2(CCN(CC(=O)c3ccc(Oc4ccccc4)cc3)CC2)N1. The van der Waals surface area contributed by atoms with Gasteiger partial charge in [-0.1, -0.05) is 42.5 Å². The molecule has 0 aromatic heterocycles. The third-order valence-corrected chi connectivity index (χ3v) is 6.49. The molecule has 0 saturated carbocycles. The summed E-state index contributed by atoms with van der Waals surface area (Å²) in [6.45, 7) is 1.93. The van der Waals surface area contributed by atoms with Crippen LogP contribution in [0.1, 0.15) is 34.3 Å².